The molecule has 0 fully saturated rings. The summed E-state index contributed by atoms with van der Waals surface area (Å²) in [5.74, 6) is 0. The molecule has 0 aliphatic heterocycles. The number of aryl methyl sites for hydroxylation is 1. The fraction of sp³-hybridized carbons (Fsp3) is 0.562. The molecule has 4 nitrogen and oxygen atoms in total. The van der Waals surface area contributed by atoms with Crippen molar-refractivity contribution in [2.45, 2.75) is 46.2 Å². The molecule has 0 aliphatic rings. The molecule has 110 valence electrons. The molecule has 20 heavy (non-hydrogen) atoms. The molecular formula is C16H25N3O. The Labute approximate surface area is 121 Å². The molecule has 4 heteroatoms. The van der Waals surface area contributed by atoms with Gasteiger partial charge in [0.1, 0.15) is 5.65 Å². The lowest BCUT2D eigenvalue weighted by Gasteiger charge is -2.28. The first-order valence-electron chi connectivity index (χ1n) is 7.47. The van der Waals surface area contributed by atoms with Crippen molar-refractivity contribution in [3.05, 3.63) is 35.8 Å². The van der Waals surface area contributed by atoms with Gasteiger partial charge >= 0.3 is 0 Å². The van der Waals surface area contributed by atoms with Crippen LogP contribution in [0.1, 0.15) is 37.9 Å². The number of hydrogen-bond acceptors (Lipinski definition) is 3. The predicted molar refractivity (Wildman–Crippen MR) is 81.8 cm³/mol. The zero-order chi connectivity index (χ0) is 14.5. The Morgan fingerprint density at radius 3 is 2.65 bits per heavy atom. The number of pyridine rings is 1. The van der Waals surface area contributed by atoms with Gasteiger partial charge in [0, 0.05) is 31.5 Å². The zero-order valence-electron chi connectivity index (χ0n) is 12.7. The number of nitrogens with zero attached hydrogens (tertiary/aromatic N) is 3. The first-order valence-corrected chi connectivity index (χ1v) is 7.47. The fourth-order valence-corrected chi connectivity index (χ4v) is 2.76. The van der Waals surface area contributed by atoms with Crippen LogP contribution in [0.3, 0.4) is 0 Å². The normalized spacial score (nSPS) is 11.9. The topological polar surface area (TPSA) is 40.8 Å². The van der Waals surface area contributed by atoms with E-state index >= 15 is 0 Å². The number of aliphatic hydroxyl groups excluding tert-OH is 1. The first kappa shape index (κ1) is 15.0. The van der Waals surface area contributed by atoms with Crippen LogP contribution >= 0.6 is 0 Å². The van der Waals surface area contributed by atoms with Gasteiger partial charge in [-0.2, -0.15) is 0 Å². The summed E-state index contributed by atoms with van der Waals surface area (Å²) >= 11 is 0. The zero-order valence-corrected chi connectivity index (χ0v) is 12.7. The van der Waals surface area contributed by atoms with Gasteiger partial charge in [0.15, 0.2) is 0 Å². The summed E-state index contributed by atoms with van der Waals surface area (Å²) in [5, 5.41) is 9.26. The van der Waals surface area contributed by atoms with Crippen molar-refractivity contribution in [3.8, 4) is 0 Å². The van der Waals surface area contributed by atoms with E-state index in [0.717, 1.165) is 30.7 Å². The minimum absolute atomic E-state index is 0.197. The van der Waals surface area contributed by atoms with E-state index < -0.39 is 0 Å². The standard InChI is InChI=1S/C16H25N3O/c1-4-15(5-2)18(8-9-20)11-14-12-19-10-13(3)6-7-16(19)17-14/h6-7,10,12,15,20H,4-5,8-9,11H2,1-3H3. The second-order valence-corrected chi connectivity index (χ2v) is 5.37. The van der Waals surface area contributed by atoms with Crippen LogP contribution in [-0.2, 0) is 6.54 Å². The molecule has 0 saturated carbocycles. The third-order valence-corrected chi connectivity index (χ3v) is 3.86. The Hall–Kier alpha value is -1.39. The molecule has 2 heterocycles. The maximum Gasteiger partial charge on any atom is 0.137 e. The lowest BCUT2D eigenvalue weighted by Crippen LogP contribution is -2.36. The quantitative estimate of drug-likeness (QED) is 0.844. The molecule has 0 amide bonds. The van der Waals surface area contributed by atoms with Crippen molar-refractivity contribution in [1.82, 2.24) is 14.3 Å². The highest BCUT2D eigenvalue weighted by molar-refractivity contribution is 5.41. The average Bonchev–Trinajstić information content (AvgIpc) is 2.81. The molecule has 0 unspecified atom stereocenters. The Morgan fingerprint density at radius 2 is 2.00 bits per heavy atom. The molecule has 0 aliphatic carbocycles. The summed E-state index contributed by atoms with van der Waals surface area (Å²) in [7, 11) is 0. The summed E-state index contributed by atoms with van der Waals surface area (Å²) in [5.41, 5.74) is 3.28. The van der Waals surface area contributed by atoms with Crippen LogP contribution in [0, 0.1) is 6.92 Å². The number of rotatable bonds is 7. The summed E-state index contributed by atoms with van der Waals surface area (Å²) in [6.45, 7) is 8.19. The molecule has 0 radical (unpaired) electrons. The van der Waals surface area contributed by atoms with E-state index in [1.54, 1.807) is 0 Å². The van der Waals surface area contributed by atoms with Crippen LogP contribution in [0.15, 0.2) is 24.5 Å². The third-order valence-electron chi connectivity index (χ3n) is 3.86. The van der Waals surface area contributed by atoms with Crippen LogP contribution < -0.4 is 0 Å². The molecule has 2 aromatic heterocycles. The number of hydrogen-bond donors (Lipinski definition) is 1. The predicted octanol–water partition coefficient (Wildman–Crippen LogP) is 2.63. The SMILES string of the molecule is CCC(CC)N(CCO)Cc1cn2cc(C)ccc2n1. The molecule has 0 saturated heterocycles. The first-order chi connectivity index (χ1) is 9.67. The maximum atomic E-state index is 9.26. The molecular weight excluding hydrogens is 250 g/mol. The van der Waals surface area contributed by atoms with Gasteiger partial charge in [-0.1, -0.05) is 19.9 Å². The molecule has 0 spiro atoms. The van der Waals surface area contributed by atoms with Crippen molar-refractivity contribution in [1.29, 1.82) is 0 Å². The smallest absolute Gasteiger partial charge is 0.137 e. The van der Waals surface area contributed by atoms with E-state index in [-0.39, 0.29) is 6.61 Å². The van der Waals surface area contributed by atoms with Gasteiger partial charge in [0.25, 0.3) is 0 Å². The molecule has 0 atom stereocenters. The van der Waals surface area contributed by atoms with Crippen molar-refractivity contribution in [2.24, 2.45) is 0 Å². The van der Waals surface area contributed by atoms with E-state index in [1.807, 2.05) is 6.07 Å². The largest absolute Gasteiger partial charge is 0.395 e. The van der Waals surface area contributed by atoms with Crippen molar-refractivity contribution < 1.29 is 5.11 Å². The van der Waals surface area contributed by atoms with Crippen molar-refractivity contribution in [2.75, 3.05) is 13.2 Å². The minimum atomic E-state index is 0.197. The number of fused-ring (bicyclic) bond motifs is 1. The second-order valence-electron chi connectivity index (χ2n) is 5.37. The Bertz CT molecular complexity index is 546. The van der Waals surface area contributed by atoms with E-state index in [9.17, 15) is 5.11 Å². The molecule has 0 bridgehead atoms. The Morgan fingerprint density at radius 1 is 1.25 bits per heavy atom. The maximum absolute atomic E-state index is 9.26. The van der Waals surface area contributed by atoms with Gasteiger partial charge in [-0.25, -0.2) is 4.98 Å². The summed E-state index contributed by atoms with van der Waals surface area (Å²) in [4.78, 5) is 6.99. The average molecular weight is 275 g/mol. The van der Waals surface area contributed by atoms with Crippen LogP contribution in [0.2, 0.25) is 0 Å². The van der Waals surface area contributed by atoms with Gasteiger partial charge in [0.05, 0.1) is 12.3 Å². The highest BCUT2D eigenvalue weighted by Crippen LogP contribution is 2.14. The van der Waals surface area contributed by atoms with Crippen LogP contribution in [-0.4, -0.2) is 38.6 Å². The minimum Gasteiger partial charge on any atom is -0.395 e. The van der Waals surface area contributed by atoms with Crippen molar-refractivity contribution in [3.63, 3.8) is 0 Å². The van der Waals surface area contributed by atoms with E-state index in [1.165, 1.54) is 5.56 Å². The van der Waals surface area contributed by atoms with Crippen LogP contribution in [0.5, 0.6) is 0 Å². The van der Waals surface area contributed by atoms with Gasteiger partial charge in [0.2, 0.25) is 0 Å². The van der Waals surface area contributed by atoms with Gasteiger partial charge in [-0.05, 0) is 31.4 Å². The summed E-state index contributed by atoms with van der Waals surface area (Å²) in [6, 6.07) is 4.64. The Balaban J connectivity index is 2.19. The van der Waals surface area contributed by atoms with Gasteiger partial charge < -0.3 is 9.51 Å². The lowest BCUT2D eigenvalue weighted by molar-refractivity contribution is 0.135. The lowest BCUT2D eigenvalue weighted by atomic mass is 10.1. The van der Waals surface area contributed by atoms with Crippen LogP contribution in [0.4, 0.5) is 0 Å². The monoisotopic (exact) mass is 275 g/mol. The third kappa shape index (κ3) is 3.38. The summed E-state index contributed by atoms with van der Waals surface area (Å²) in [6.07, 6.45) is 6.39. The van der Waals surface area contributed by atoms with E-state index in [2.05, 4.69) is 53.5 Å². The summed E-state index contributed by atoms with van der Waals surface area (Å²) < 4.78 is 2.08. The molecule has 0 aromatic carbocycles. The fourth-order valence-electron chi connectivity index (χ4n) is 2.76. The highest BCUT2D eigenvalue weighted by atomic mass is 16.3. The molecule has 1 N–H and O–H groups in total. The Kier molecular flexibility index (Phi) is 5.15. The number of aliphatic hydroxyl groups is 1. The molecule has 2 aromatic rings. The van der Waals surface area contributed by atoms with E-state index in [0.29, 0.717) is 12.6 Å². The number of imidazole rings is 1. The van der Waals surface area contributed by atoms with Crippen LogP contribution in [0.25, 0.3) is 5.65 Å². The van der Waals surface area contributed by atoms with Gasteiger partial charge in [-0.15, -0.1) is 0 Å². The van der Waals surface area contributed by atoms with E-state index in [4.69, 9.17) is 0 Å². The second kappa shape index (κ2) is 6.86. The highest BCUT2D eigenvalue weighted by Gasteiger charge is 2.16. The number of aromatic nitrogens is 2. The van der Waals surface area contributed by atoms with Crippen molar-refractivity contribution >= 4 is 5.65 Å². The van der Waals surface area contributed by atoms with Gasteiger partial charge in [-0.3, -0.25) is 4.90 Å². The molecule has 2 rings (SSSR count).